The first-order valence-corrected chi connectivity index (χ1v) is 11.0. The van der Waals surface area contributed by atoms with E-state index in [9.17, 15) is 14.7 Å². The number of hydrogen-bond acceptors (Lipinski definition) is 5. The quantitative estimate of drug-likeness (QED) is 0.321. The monoisotopic (exact) mass is 448 g/mol. The summed E-state index contributed by atoms with van der Waals surface area (Å²) in [5, 5.41) is 13.8. The summed E-state index contributed by atoms with van der Waals surface area (Å²) in [5.41, 5.74) is 2.05. The predicted molar refractivity (Wildman–Crippen MR) is 122 cm³/mol. The number of ether oxygens (including phenoxy) is 1. The molecule has 1 unspecified atom stereocenters. The van der Waals surface area contributed by atoms with Crippen molar-refractivity contribution in [1.29, 1.82) is 0 Å². The SMILES string of the molecule is COc1cccc(C2/C(=C(\[O-])c3c(C)nc4ccccn34)C(=O)C(=O)N2CCC[NH+](C)C)c1. The van der Waals surface area contributed by atoms with E-state index < -0.39 is 23.5 Å². The summed E-state index contributed by atoms with van der Waals surface area (Å²) in [5.74, 6) is -1.28. The molecule has 0 bridgehead atoms. The highest BCUT2D eigenvalue weighted by Gasteiger charge is 2.44. The number of Topliss-reactive ketones (excluding diaryl/α,β-unsaturated/α-hetero) is 1. The number of carbonyl (C=O) groups is 2. The van der Waals surface area contributed by atoms with Gasteiger partial charge in [-0.15, -0.1) is 0 Å². The summed E-state index contributed by atoms with van der Waals surface area (Å²) in [6, 6.07) is 11.8. The third-order valence-electron chi connectivity index (χ3n) is 5.93. The second-order valence-corrected chi connectivity index (χ2v) is 8.53. The Kier molecular flexibility index (Phi) is 6.20. The minimum Gasteiger partial charge on any atom is -0.871 e. The van der Waals surface area contributed by atoms with Crippen molar-refractivity contribution in [3.8, 4) is 5.75 Å². The molecule has 1 saturated heterocycles. The standard InChI is InChI=1S/C25H28N4O4/c1-16-21(28-13-6-5-11-19(28)26-16)23(30)20-22(17-9-7-10-18(15-17)33-4)29(25(32)24(20)31)14-8-12-27(2)3/h5-7,9-11,13,15,22,30H,8,12,14H2,1-4H3/b23-20+. The largest absolute Gasteiger partial charge is 0.871 e. The zero-order valence-corrected chi connectivity index (χ0v) is 19.3. The van der Waals surface area contributed by atoms with E-state index in [0.29, 0.717) is 41.3 Å². The summed E-state index contributed by atoms with van der Waals surface area (Å²) in [6.45, 7) is 2.94. The van der Waals surface area contributed by atoms with Crippen molar-refractivity contribution >= 4 is 23.1 Å². The number of benzene rings is 1. The molecule has 0 spiro atoms. The molecular formula is C25H28N4O4. The highest BCUT2D eigenvalue weighted by Crippen LogP contribution is 2.40. The number of aromatic nitrogens is 2. The molecule has 0 radical (unpaired) electrons. The van der Waals surface area contributed by atoms with Crippen molar-refractivity contribution in [1.82, 2.24) is 14.3 Å². The highest BCUT2D eigenvalue weighted by molar-refractivity contribution is 6.46. The van der Waals surface area contributed by atoms with Gasteiger partial charge in [0.1, 0.15) is 11.4 Å². The number of likely N-dealkylation sites (tertiary alicyclic amines) is 1. The molecular weight excluding hydrogens is 420 g/mol. The van der Waals surface area contributed by atoms with Crippen molar-refractivity contribution in [2.45, 2.75) is 19.4 Å². The second-order valence-electron chi connectivity index (χ2n) is 8.53. The lowest BCUT2D eigenvalue weighted by atomic mass is 9.96. The average molecular weight is 449 g/mol. The lowest BCUT2D eigenvalue weighted by Gasteiger charge is -2.28. The van der Waals surface area contributed by atoms with Crippen LogP contribution in [0.15, 0.2) is 54.2 Å². The van der Waals surface area contributed by atoms with Gasteiger partial charge in [0.25, 0.3) is 5.91 Å². The van der Waals surface area contributed by atoms with Gasteiger partial charge in [0.05, 0.1) is 45.2 Å². The van der Waals surface area contributed by atoms with E-state index in [0.717, 1.165) is 6.54 Å². The number of quaternary nitrogens is 1. The molecule has 4 rings (SSSR count). The van der Waals surface area contributed by atoms with Gasteiger partial charge in [-0.3, -0.25) is 9.59 Å². The van der Waals surface area contributed by atoms with Crippen LogP contribution >= 0.6 is 0 Å². The van der Waals surface area contributed by atoms with E-state index in [1.165, 1.54) is 9.80 Å². The normalized spacial score (nSPS) is 18.0. The molecule has 33 heavy (non-hydrogen) atoms. The van der Waals surface area contributed by atoms with Crippen LogP contribution in [0.5, 0.6) is 5.75 Å². The lowest BCUT2D eigenvalue weighted by Crippen LogP contribution is -3.05. The van der Waals surface area contributed by atoms with Crippen molar-refractivity contribution in [3.05, 3.63) is 71.2 Å². The van der Waals surface area contributed by atoms with Crippen LogP contribution in [-0.2, 0) is 9.59 Å². The van der Waals surface area contributed by atoms with E-state index in [4.69, 9.17) is 4.74 Å². The number of hydrogen-bond donors (Lipinski definition) is 1. The van der Waals surface area contributed by atoms with Crippen LogP contribution in [-0.4, -0.2) is 60.3 Å². The van der Waals surface area contributed by atoms with Gasteiger partial charge in [0.2, 0.25) is 5.78 Å². The molecule has 0 aliphatic carbocycles. The number of nitrogens with zero attached hydrogens (tertiary/aromatic N) is 3. The first kappa shape index (κ1) is 22.5. The Morgan fingerprint density at radius 1 is 1.18 bits per heavy atom. The lowest BCUT2D eigenvalue weighted by molar-refractivity contribution is -0.858. The maximum Gasteiger partial charge on any atom is 0.295 e. The zero-order valence-electron chi connectivity index (χ0n) is 19.3. The molecule has 0 saturated carbocycles. The van der Waals surface area contributed by atoms with Crippen molar-refractivity contribution in [2.24, 2.45) is 0 Å². The van der Waals surface area contributed by atoms with Gasteiger partial charge in [0.15, 0.2) is 0 Å². The van der Waals surface area contributed by atoms with Crippen LogP contribution in [0.4, 0.5) is 0 Å². The van der Waals surface area contributed by atoms with Crippen molar-refractivity contribution in [2.75, 3.05) is 34.3 Å². The Morgan fingerprint density at radius 2 is 1.97 bits per heavy atom. The smallest absolute Gasteiger partial charge is 0.295 e. The number of amides is 1. The molecule has 1 atom stereocenters. The molecule has 1 N–H and O–H groups in total. The van der Waals surface area contributed by atoms with Crippen molar-refractivity contribution < 1.29 is 24.3 Å². The topological polar surface area (TPSA) is 91.4 Å². The van der Waals surface area contributed by atoms with Gasteiger partial charge in [-0.05, 0) is 36.8 Å². The third kappa shape index (κ3) is 4.09. The number of ketones is 1. The fourth-order valence-electron chi connectivity index (χ4n) is 4.38. The first-order valence-electron chi connectivity index (χ1n) is 11.0. The number of methoxy groups -OCH3 is 1. The van der Waals surface area contributed by atoms with Crippen LogP contribution in [0.1, 0.15) is 29.4 Å². The summed E-state index contributed by atoms with van der Waals surface area (Å²) in [6.07, 6.45) is 2.44. The minimum atomic E-state index is -0.779. The number of fused-ring (bicyclic) bond motifs is 1. The number of rotatable bonds is 7. The van der Waals surface area contributed by atoms with Crippen LogP contribution in [0.3, 0.4) is 0 Å². The Bertz CT molecular complexity index is 1240. The third-order valence-corrected chi connectivity index (χ3v) is 5.93. The molecule has 8 heteroatoms. The predicted octanol–water partition coefficient (Wildman–Crippen LogP) is 0.410. The molecule has 1 aliphatic rings. The fraction of sp³-hybridized carbons (Fsp3) is 0.320. The molecule has 1 fully saturated rings. The van der Waals surface area contributed by atoms with Gasteiger partial charge in [-0.2, -0.15) is 0 Å². The Morgan fingerprint density at radius 3 is 2.70 bits per heavy atom. The Labute approximate surface area is 192 Å². The van der Waals surface area contributed by atoms with E-state index in [2.05, 4.69) is 4.98 Å². The molecule has 8 nitrogen and oxygen atoms in total. The molecule has 2 aromatic heterocycles. The van der Waals surface area contributed by atoms with E-state index >= 15 is 0 Å². The maximum atomic E-state index is 13.8. The summed E-state index contributed by atoms with van der Waals surface area (Å²) in [7, 11) is 5.62. The van der Waals surface area contributed by atoms with Gasteiger partial charge >= 0.3 is 0 Å². The molecule has 3 heterocycles. The molecule has 1 amide bonds. The van der Waals surface area contributed by atoms with Gasteiger partial charge in [0, 0.05) is 24.7 Å². The van der Waals surface area contributed by atoms with E-state index in [1.807, 2.05) is 26.2 Å². The van der Waals surface area contributed by atoms with E-state index in [1.54, 1.807) is 55.0 Å². The van der Waals surface area contributed by atoms with Crippen LogP contribution < -0.4 is 14.7 Å². The molecule has 1 aromatic carbocycles. The van der Waals surface area contributed by atoms with Crippen molar-refractivity contribution in [3.63, 3.8) is 0 Å². The number of nitrogens with one attached hydrogen (secondary N) is 1. The Hall–Kier alpha value is -3.65. The maximum absolute atomic E-state index is 13.8. The molecule has 172 valence electrons. The van der Waals surface area contributed by atoms with Crippen LogP contribution in [0, 0.1) is 6.92 Å². The van der Waals surface area contributed by atoms with Gasteiger partial charge < -0.3 is 24.0 Å². The summed E-state index contributed by atoms with van der Waals surface area (Å²) in [4.78, 5) is 33.5. The summed E-state index contributed by atoms with van der Waals surface area (Å²) >= 11 is 0. The highest BCUT2D eigenvalue weighted by atomic mass is 16.5. The number of carbonyl (C=O) groups excluding carboxylic acids is 2. The van der Waals surface area contributed by atoms with Crippen LogP contribution in [0.2, 0.25) is 0 Å². The van der Waals surface area contributed by atoms with Gasteiger partial charge in [-0.1, -0.05) is 24.0 Å². The summed E-state index contributed by atoms with van der Waals surface area (Å²) < 4.78 is 7.03. The molecule has 3 aromatic rings. The molecule has 1 aliphatic heterocycles. The zero-order chi connectivity index (χ0) is 23.7. The number of pyridine rings is 1. The average Bonchev–Trinajstić information content (AvgIpc) is 3.26. The van der Waals surface area contributed by atoms with Crippen LogP contribution in [0.25, 0.3) is 11.4 Å². The number of imidazole rings is 1. The number of aryl methyl sites for hydroxylation is 1. The first-order chi connectivity index (χ1) is 15.8. The fourth-order valence-corrected chi connectivity index (χ4v) is 4.38. The minimum absolute atomic E-state index is 0.0424. The van der Waals surface area contributed by atoms with E-state index in [-0.39, 0.29) is 5.57 Å². The second kappa shape index (κ2) is 9.07. The van der Waals surface area contributed by atoms with Gasteiger partial charge in [-0.25, -0.2) is 4.98 Å². The Balaban J connectivity index is 1.89.